The minimum atomic E-state index is -4.37. The van der Waals surface area contributed by atoms with Crippen molar-refractivity contribution in [3.63, 3.8) is 0 Å². The van der Waals surface area contributed by atoms with E-state index in [9.17, 15) is 19.0 Å². The van der Waals surface area contributed by atoms with Crippen LogP contribution in [-0.2, 0) is 58.4 Å². The Morgan fingerprint density at radius 2 is 0.984 bits per heavy atom. The van der Waals surface area contributed by atoms with Gasteiger partial charge >= 0.3 is 19.8 Å². The quantitative estimate of drug-likeness (QED) is 0.0372. The normalized spacial score (nSPS) is 13.0. The Bertz CT molecular complexity index is 1500. The number of hydrogen-bond acceptors (Lipinski definition) is 10. The van der Waals surface area contributed by atoms with Gasteiger partial charge in [-0.1, -0.05) is 142 Å². The Labute approximate surface area is 389 Å². The van der Waals surface area contributed by atoms with Gasteiger partial charge in [-0.05, 0) is 82.7 Å². The number of nitrogens with one attached hydrogen (secondary N) is 1. The standard InChI is InChI=1S/C52H92NO10P/c1-6-8-26-32-46-40-44(3)49(61-46)34-28-22-18-14-10-12-16-20-24-30-36-51(54)58-42-48(43-60-64(56,57)59-39-38-53-5)63-52(55)37-31-25-21-17-13-11-15-19-23-29-35-50-45(4)41-47(62-50)33-27-9-7-2/h40-41,48,53H,6-39,42-43H2,1-5H3,(H,56,57)/t48-/m1/s1. The summed E-state index contributed by atoms with van der Waals surface area (Å²) in [6, 6.07) is 4.45. The lowest BCUT2D eigenvalue weighted by atomic mass is 10.0. The maximum Gasteiger partial charge on any atom is 0.472 e. The van der Waals surface area contributed by atoms with Crippen LogP contribution in [0.4, 0.5) is 0 Å². The Kier molecular flexibility index (Phi) is 33.9. The fourth-order valence-electron chi connectivity index (χ4n) is 8.06. The molecule has 0 radical (unpaired) electrons. The van der Waals surface area contributed by atoms with Crippen molar-refractivity contribution in [1.29, 1.82) is 0 Å². The Hall–Kier alpha value is -2.43. The van der Waals surface area contributed by atoms with Crippen molar-refractivity contribution in [2.75, 3.05) is 33.4 Å². The molecule has 0 aliphatic carbocycles. The molecule has 370 valence electrons. The third-order valence-electron chi connectivity index (χ3n) is 12.0. The van der Waals surface area contributed by atoms with Crippen molar-refractivity contribution in [1.82, 2.24) is 5.32 Å². The number of phosphoric ester groups is 1. The fraction of sp³-hybridized carbons (Fsp3) is 0.808. The van der Waals surface area contributed by atoms with E-state index in [-0.39, 0.29) is 32.0 Å². The first-order chi connectivity index (χ1) is 31.1. The van der Waals surface area contributed by atoms with Crippen molar-refractivity contribution >= 4 is 19.8 Å². The number of esters is 2. The number of ether oxygens (including phenoxy) is 2. The number of carbonyl (C=O) groups excluding carboxylic acids is 2. The molecule has 0 fully saturated rings. The Balaban J connectivity index is 1.53. The SMILES string of the molecule is CCCCCc1cc(C)c(CCCCCCCCCCCCC(=O)OC[C@H](COP(=O)(O)OCCNC)OC(=O)CCCCCCCCCCCCc2oc(CCCCC)cc2C)o1. The van der Waals surface area contributed by atoms with E-state index in [0.29, 0.717) is 13.0 Å². The van der Waals surface area contributed by atoms with Gasteiger partial charge in [0.25, 0.3) is 0 Å². The highest BCUT2D eigenvalue weighted by atomic mass is 31.2. The summed E-state index contributed by atoms with van der Waals surface area (Å²) in [6.07, 6.45) is 33.4. The molecule has 0 saturated carbocycles. The lowest BCUT2D eigenvalue weighted by molar-refractivity contribution is -0.161. The van der Waals surface area contributed by atoms with Crippen LogP contribution in [0, 0.1) is 13.8 Å². The molecule has 2 heterocycles. The van der Waals surface area contributed by atoms with E-state index < -0.39 is 26.5 Å². The van der Waals surface area contributed by atoms with Crippen LogP contribution in [0.15, 0.2) is 21.0 Å². The highest BCUT2D eigenvalue weighted by molar-refractivity contribution is 7.47. The lowest BCUT2D eigenvalue weighted by Crippen LogP contribution is -2.29. The summed E-state index contributed by atoms with van der Waals surface area (Å²) in [5.41, 5.74) is 2.60. The van der Waals surface area contributed by atoms with E-state index in [4.69, 9.17) is 27.4 Å². The average molecular weight is 922 g/mol. The molecule has 0 spiro atoms. The van der Waals surface area contributed by atoms with E-state index in [1.54, 1.807) is 7.05 Å². The molecular weight excluding hydrogens is 830 g/mol. The zero-order valence-electron chi connectivity index (χ0n) is 41.3. The van der Waals surface area contributed by atoms with Crippen molar-refractivity contribution in [2.45, 2.75) is 239 Å². The number of carbonyl (C=O) groups is 2. The second-order valence-electron chi connectivity index (χ2n) is 18.1. The van der Waals surface area contributed by atoms with Gasteiger partial charge < -0.3 is 28.5 Å². The largest absolute Gasteiger partial charge is 0.472 e. The molecule has 64 heavy (non-hydrogen) atoms. The summed E-state index contributed by atoms with van der Waals surface area (Å²) < 4.78 is 45.7. The molecule has 2 N–H and O–H groups in total. The molecule has 2 aromatic heterocycles. The van der Waals surface area contributed by atoms with Gasteiger partial charge in [0.2, 0.25) is 0 Å². The fourth-order valence-corrected chi connectivity index (χ4v) is 8.81. The van der Waals surface area contributed by atoms with Crippen molar-refractivity contribution in [3.8, 4) is 0 Å². The highest BCUT2D eigenvalue weighted by Crippen LogP contribution is 2.43. The average Bonchev–Trinajstić information content (AvgIpc) is 3.81. The van der Waals surface area contributed by atoms with Crippen LogP contribution in [0.3, 0.4) is 0 Å². The van der Waals surface area contributed by atoms with Gasteiger partial charge in [-0.2, -0.15) is 0 Å². The number of likely N-dealkylation sites (N-methyl/N-ethyl adjacent to an activating group) is 1. The summed E-state index contributed by atoms with van der Waals surface area (Å²) in [4.78, 5) is 35.4. The molecule has 0 saturated heterocycles. The number of unbranched alkanes of at least 4 members (excludes halogenated alkanes) is 22. The predicted octanol–water partition coefficient (Wildman–Crippen LogP) is 14.1. The summed E-state index contributed by atoms with van der Waals surface area (Å²) in [5.74, 6) is 3.80. The molecule has 11 nitrogen and oxygen atoms in total. The van der Waals surface area contributed by atoms with E-state index >= 15 is 0 Å². The molecule has 2 aromatic rings. The number of aryl methyl sites for hydroxylation is 6. The number of hydrogen-bond donors (Lipinski definition) is 2. The molecule has 2 rings (SSSR count). The van der Waals surface area contributed by atoms with Crippen molar-refractivity contribution in [3.05, 3.63) is 46.3 Å². The monoisotopic (exact) mass is 922 g/mol. The predicted molar refractivity (Wildman–Crippen MR) is 259 cm³/mol. The van der Waals surface area contributed by atoms with E-state index in [0.717, 1.165) is 82.1 Å². The second kappa shape index (κ2) is 37.6. The van der Waals surface area contributed by atoms with E-state index in [2.05, 4.69) is 45.1 Å². The Morgan fingerprint density at radius 3 is 1.42 bits per heavy atom. The van der Waals surface area contributed by atoms with Crippen molar-refractivity contribution < 1.29 is 46.4 Å². The van der Waals surface area contributed by atoms with Gasteiger partial charge in [0.15, 0.2) is 6.10 Å². The first kappa shape index (κ1) is 57.7. The molecule has 0 aliphatic heterocycles. The van der Waals surface area contributed by atoms with Crippen LogP contribution in [0.1, 0.15) is 228 Å². The summed E-state index contributed by atoms with van der Waals surface area (Å²) in [6.45, 7) is 8.47. The zero-order valence-corrected chi connectivity index (χ0v) is 42.2. The molecule has 0 aliphatic rings. The number of phosphoric acid groups is 1. The molecule has 0 aromatic carbocycles. The third-order valence-corrected chi connectivity index (χ3v) is 13.0. The van der Waals surface area contributed by atoms with E-state index in [1.165, 1.54) is 138 Å². The van der Waals surface area contributed by atoms with Crippen LogP contribution in [0.2, 0.25) is 0 Å². The molecule has 12 heteroatoms. The maximum absolute atomic E-state index is 12.7. The first-order valence-electron chi connectivity index (χ1n) is 25.8. The summed E-state index contributed by atoms with van der Waals surface area (Å²) >= 11 is 0. The number of furan rings is 2. The maximum atomic E-state index is 12.7. The van der Waals surface area contributed by atoms with Crippen LogP contribution in [0.5, 0.6) is 0 Å². The number of rotatable bonds is 44. The van der Waals surface area contributed by atoms with Crippen LogP contribution >= 0.6 is 7.82 Å². The van der Waals surface area contributed by atoms with Gasteiger partial charge in [-0.25, -0.2) is 4.57 Å². The zero-order chi connectivity index (χ0) is 46.5. The highest BCUT2D eigenvalue weighted by Gasteiger charge is 2.26. The molecule has 0 amide bonds. The first-order valence-corrected chi connectivity index (χ1v) is 27.3. The van der Waals surface area contributed by atoms with Crippen LogP contribution in [-0.4, -0.2) is 56.3 Å². The van der Waals surface area contributed by atoms with Gasteiger partial charge in [0, 0.05) is 45.1 Å². The summed E-state index contributed by atoms with van der Waals surface area (Å²) in [7, 11) is -2.67. The topological polar surface area (TPSA) is 147 Å². The third kappa shape index (κ3) is 30.0. The smallest absolute Gasteiger partial charge is 0.466 e. The van der Waals surface area contributed by atoms with Gasteiger partial charge in [-0.3, -0.25) is 18.6 Å². The minimum absolute atomic E-state index is 0.0250. The molecule has 1 unspecified atom stereocenters. The van der Waals surface area contributed by atoms with Crippen LogP contribution < -0.4 is 5.32 Å². The van der Waals surface area contributed by atoms with Gasteiger partial charge in [-0.15, -0.1) is 0 Å². The molecule has 0 bridgehead atoms. The second-order valence-corrected chi connectivity index (χ2v) is 19.6. The summed E-state index contributed by atoms with van der Waals surface area (Å²) in [5, 5.41) is 2.83. The van der Waals surface area contributed by atoms with Gasteiger partial charge in [0.05, 0.1) is 13.2 Å². The van der Waals surface area contributed by atoms with Crippen LogP contribution in [0.25, 0.3) is 0 Å². The molecule has 2 atom stereocenters. The molecular formula is C52H92NO10P. The lowest BCUT2D eigenvalue weighted by Gasteiger charge is -2.20. The minimum Gasteiger partial charge on any atom is -0.466 e. The van der Waals surface area contributed by atoms with Gasteiger partial charge in [0.1, 0.15) is 29.6 Å². The Morgan fingerprint density at radius 1 is 0.578 bits per heavy atom. The van der Waals surface area contributed by atoms with Crippen molar-refractivity contribution in [2.24, 2.45) is 0 Å². The van der Waals surface area contributed by atoms with E-state index in [1.807, 2.05) is 0 Å².